The molecule has 3 aromatic carbocycles. The van der Waals surface area contributed by atoms with E-state index in [2.05, 4.69) is 61.5 Å². The second-order valence-electron chi connectivity index (χ2n) is 5.77. The molecule has 0 unspecified atom stereocenters. The monoisotopic (exact) mass is 404 g/mol. The van der Waals surface area contributed by atoms with Crippen LogP contribution in [0, 0.1) is 13.0 Å². The summed E-state index contributed by atoms with van der Waals surface area (Å²) in [5.41, 5.74) is 5.23. The Kier molecular flexibility index (Phi) is 9.87. The number of aryl methyl sites for hydroxylation is 3. The van der Waals surface area contributed by atoms with Crippen LogP contribution < -0.4 is 21.7 Å². The molecule has 25 heavy (non-hydrogen) atoms. The van der Waals surface area contributed by atoms with Gasteiger partial charge in [-0.25, -0.2) is 0 Å². The van der Waals surface area contributed by atoms with Crippen LogP contribution in [-0.2, 0) is 19.4 Å². The van der Waals surface area contributed by atoms with E-state index in [1.165, 1.54) is 22.3 Å². The first-order valence-corrected chi connectivity index (χ1v) is 8.02. The van der Waals surface area contributed by atoms with Crippen molar-refractivity contribution in [2.45, 2.75) is 26.4 Å². The smallest absolute Gasteiger partial charge is 1.00 e. The Labute approximate surface area is 177 Å². The minimum Gasteiger partial charge on any atom is -1.00 e. The summed E-state index contributed by atoms with van der Waals surface area (Å²) in [5.74, 6) is 0.918. The average molecular weight is 406 g/mol. The van der Waals surface area contributed by atoms with Crippen molar-refractivity contribution in [2.75, 3.05) is 0 Å². The molecule has 0 aliphatic carbocycles. The summed E-state index contributed by atoms with van der Waals surface area (Å²) in [4.78, 5) is 0. The summed E-state index contributed by atoms with van der Waals surface area (Å²) >= 11 is 0. The fraction of sp³-hybridized carbons (Fsp3) is 0.182. The molecule has 0 N–H and O–H groups in total. The van der Waals surface area contributed by atoms with Crippen LogP contribution in [0.2, 0.25) is 0 Å². The summed E-state index contributed by atoms with van der Waals surface area (Å²) < 4.78 is 5.82. The van der Waals surface area contributed by atoms with E-state index in [4.69, 9.17) is 4.74 Å². The van der Waals surface area contributed by atoms with Gasteiger partial charge in [-0.1, -0.05) is 55.8 Å². The Morgan fingerprint density at radius 2 is 1.56 bits per heavy atom. The summed E-state index contributed by atoms with van der Waals surface area (Å²) in [5, 5.41) is 0. The molecular formula is C22H21BrMgO. The molecule has 3 heteroatoms. The molecule has 124 valence electrons. The van der Waals surface area contributed by atoms with Gasteiger partial charge in [-0.2, -0.15) is 35.4 Å². The Hall–Kier alpha value is -1.29. The molecule has 0 aliphatic heterocycles. The number of ether oxygens (including phenoxy) is 1. The van der Waals surface area contributed by atoms with Gasteiger partial charge in [-0.15, -0.1) is 0 Å². The van der Waals surface area contributed by atoms with Crippen LogP contribution in [0.25, 0.3) is 0 Å². The van der Waals surface area contributed by atoms with Crippen LogP contribution >= 0.6 is 0 Å². The van der Waals surface area contributed by atoms with E-state index >= 15 is 0 Å². The summed E-state index contributed by atoms with van der Waals surface area (Å²) in [6.45, 7) is 2.77. The van der Waals surface area contributed by atoms with Crippen molar-refractivity contribution in [2.24, 2.45) is 0 Å². The summed E-state index contributed by atoms with van der Waals surface area (Å²) in [6, 6.07) is 28.0. The van der Waals surface area contributed by atoms with E-state index in [0.29, 0.717) is 6.61 Å². The molecule has 0 saturated heterocycles. The zero-order chi connectivity index (χ0) is 15.9. The third-order valence-corrected chi connectivity index (χ3v) is 4.05. The van der Waals surface area contributed by atoms with Crippen LogP contribution in [0.3, 0.4) is 0 Å². The van der Waals surface area contributed by atoms with Crippen LogP contribution in [0.15, 0.2) is 72.8 Å². The second kappa shape index (κ2) is 11.3. The average Bonchev–Trinajstić information content (AvgIpc) is 2.61. The zero-order valence-electron chi connectivity index (χ0n) is 14.5. The van der Waals surface area contributed by atoms with Crippen molar-refractivity contribution in [1.29, 1.82) is 0 Å². The van der Waals surface area contributed by atoms with Gasteiger partial charge in [0.1, 0.15) is 12.4 Å². The third-order valence-electron chi connectivity index (χ3n) is 4.05. The molecule has 0 radical (unpaired) electrons. The molecule has 3 aromatic rings. The number of rotatable bonds is 6. The van der Waals surface area contributed by atoms with Gasteiger partial charge in [0.05, 0.1) is 0 Å². The van der Waals surface area contributed by atoms with Crippen molar-refractivity contribution < 1.29 is 21.7 Å². The molecule has 1 nitrogen and oxygen atoms in total. The molecule has 0 bridgehead atoms. The standard InChI is InChI=1S/C22H21O.BrH.Mg/c1-18-7-5-6-10-21(18)14-11-19-12-15-22(16-13-19)23-17-20-8-3-2-4-9-20;;/h2-5,7-10,12-13,15-16H,11,14,17H2,1H3;1H;/q-1;;+2/p-1. The molecular weight excluding hydrogens is 384 g/mol. The van der Waals surface area contributed by atoms with Crippen molar-refractivity contribution in [1.82, 2.24) is 0 Å². The molecule has 0 amide bonds. The predicted molar refractivity (Wildman–Crippen MR) is 100 cm³/mol. The van der Waals surface area contributed by atoms with Crippen LogP contribution in [-0.4, -0.2) is 23.1 Å². The van der Waals surface area contributed by atoms with Crippen LogP contribution in [0.1, 0.15) is 22.3 Å². The molecule has 0 spiro atoms. The van der Waals surface area contributed by atoms with E-state index in [0.717, 1.165) is 18.6 Å². The molecule has 0 fully saturated rings. The maximum atomic E-state index is 5.82. The van der Waals surface area contributed by atoms with E-state index in [-0.39, 0.29) is 40.0 Å². The van der Waals surface area contributed by atoms with Crippen molar-refractivity contribution in [3.8, 4) is 5.75 Å². The number of hydrogen-bond acceptors (Lipinski definition) is 1. The molecule has 0 saturated carbocycles. The van der Waals surface area contributed by atoms with Crippen molar-refractivity contribution in [3.63, 3.8) is 0 Å². The van der Waals surface area contributed by atoms with Crippen molar-refractivity contribution >= 4 is 23.1 Å². The second-order valence-corrected chi connectivity index (χ2v) is 5.77. The van der Waals surface area contributed by atoms with Crippen LogP contribution in [0.4, 0.5) is 0 Å². The molecule has 0 heterocycles. The van der Waals surface area contributed by atoms with Gasteiger partial charge in [0, 0.05) is 0 Å². The Balaban J connectivity index is 0.00000156. The summed E-state index contributed by atoms with van der Waals surface area (Å²) in [6.07, 6.45) is 2.09. The van der Waals surface area contributed by atoms with E-state index < -0.39 is 0 Å². The SMILES string of the molecule is Cc1cc[c-]cc1CCc1ccc(OCc2ccccc2)cc1.[Br-].[Mg+2]. The number of benzene rings is 3. The summed E-state index contributed by atoms with van der Waals surface area (Å²) in [7, 11) is 0. The van der Waals surface area contributed by atoms with E-state index in [9.17, 15) is 0 Å². The topological polar surface area (TPSA) is 9.23 Å². The molecule has 0 aliphatic rings. The minimum atomic E-state index is 0. The van der Waals surface area contributed by atoms with Gasteiger partial charge in [0.15, 0.2) is 0 Å². The fourth-order valence-corrected chi connectivity index (χ4v) is 2.58. The van der Waals surface area contributed by atoms with Crippen LogP contribution in [0.5, 0.6) is 5.75 Å². The Morgan fingerprint density at radius 1 is 0.840 bits per heavy atom. The predicted octanol–water partition coefficient (Wildman–Crippen LogP) is 1.78. The first-order chi connectivity index (χ1) is 11.3. The molecule has 3 rings (SSSR count). The minimum absolute atomic E-state index is 0. The van der Waals surface area contributed by atoms with Gasteiger partial charge in [-0.05, 0) is 29.7 Å². The van der Waals surface area contributed by atoms with Gasteiger partial charge in [0.25, 0.3) is 0 Å². The first-order valence-electron chi connectivity index (χ1n) is 8.02. The number of hydrogen-bond donors (Lipinski definition) is 0. The largest absolute Gasteiger partial charge is 2.00 e. The van der Waals surface area contributed by atoms with E-state index in [1.807, 2.05) is 24.3 Å². The maximum absolute atomic E-state index is 5.82. The Morgan fingerprint density at radius 3 is 2.24 bits per heavy atom. The first kappa shape index (κ1) is 21.7. The van der Waals surface area contributed by atoms with Crippen molar-refractivity contribution in [3.05, 3.63) is 101 Å². The fourth-order valence-electron chi connectivity index (χ4n) is 2.58. The molecule has 0 atom stereocenters. The third kappa shape index (κ3) is 6.85. The normalized spacial score (nSPS) is 9.64. The quantitative estimate of drug-likeness (QED) is 0.449. The van der Waals surface area contributed by atoms with Gasteiger partial charge < -0.3 is 21.7 Å². The van der Waals surface area contributed by atoms with E-state index in [1.54, 1.807) is 0 Å². The maximum Gasteiger partial charge on any atom is 2.00 e. The number of halogens is 1. The Bertz CT molecular complexity index is 741. The van der Waals surface area contributed by atoms with Gasteiger partial charge >= 0.3 is 23.1 Å². The zero-order valence-corrected chi connectivity index (χ0v) is 17.5. The molecule has 0 aromatic heterocycles. The van der Waals surface area contributed by atoms with Gasteiger partial charge in [-0.3, -0.25) is 0 Å². The van der Waals surface area contributed by atoms with Gasteiger partial charge in [0.2, 0.25) is 0 Å².